The summed E-state index contributed by atoms with van der Waals surface area (Å²) in [7, 11) is 1.69. The van der Waals surface area contributed by atoms with Gasteiger partial charge >= 0.3 is 0 Å². The molecule has 0 bridgehead atoms. The molecule has 0 saturated heterocycles. The van der Waals surface area contributed by atoms with Crippen LogP contribution in [0.2, 0.25) is 0 Å². The number of nitrogens with zero attached hydrogens (tertiary/aromatic N) is 2. The summed E-state index contributed by atoms with van der Waals surface area (Å²) < 4.78 is 7.64. The molecule has 116 valence electrons. The van der Waals surface area contributed by atoms with Crippen molar-refractivity contribution in [3.63, 3.8) is 0 Å². The Morgan fingerprint density at radius 2 is 1.95 bits per heavy atom. The molecule has 2 aromatic rings. The number of unbranched alkanes of at least 4 members (excludes halogenated alkanes) is 3. The summed E-state index contributed by atoms with van der Waals surface area (Å²) in [4.78, 5) is 4.82. The quantitative estimate of drug-likeness (QED) is 0.754. The second-order valence-corrected chi connectivity index (χ2v) is 5.80. The Morgan fingerprint density at radius 1 is 1.19 bits per heavy atom. The summed E-state index contributed by atoms with van der Waals surface area (Å²) in [5.41, 5.74) is 7.76. The largest absolute Gasteiger partial charge is 0.497 e. The maximum absolute atomic E-state index is 5.54. The fourth-order valence-electron chi connectivity index (χ4n) is 2.79. The summed E-state index contributed by atoms with van der Waals surface area (Å²) in [6, 6.07) is 6.56. The van der Waals surface area contributed by atoms with Crippen molar-refractivity contribution in [3.8, 4) is 5.75 Å². The number of benzene rings is 1. The Labute approximate surface area is 127 Å². The lowest BCUT2D eigenvalue weighted by Crippen LogP contribution is -2.06. The van der Waals surface area contributed by atoms with Crippen LogP contribution in [0.15, 0.2) is 18.2 Å². The van der Waals surface area contributed by atoms with Crippen molar-refractivity contribution in [3.05, 3.63) is 24.0 Å². The molecule has 0 unspecified atom stereocenters. The van der Waals surface area contributed by atoms with E-state index in [1.165, 1.54) is 30.6 Å². The summed E-state index contributed by atoms with van der Waals surface area (Å²) in [5.74, 6) is 2.05. The average Bonchev–Trinajstić information content (AvgIpc) is 2.84. The van der Waals surface area contributed by atoms with Crippen LogP contribution in [0, 0.1) is 0 Å². The predicted octanol–water partition coefficient (Wildman–Crippen LogP) is 3.69. The number of rotatable bonds is 8. The Balaban J connectivity index is 2.19. The van der Waals surface area contributed by atoms with Gasteiger partial charge in [-0.3, -0.25) is 0 Å². The van der Waals surface area contributed by atoms with Gasteiger partial charge in [-0.05, 0) is 45.4 Å². The molecule has 0 aliphatic rings. The van der Waals surface area contributed by atoms with E-state index in [-0.39, 0.29) is 0 Å². The van der Waals surface area contributed by atoms with Crippen LogP contribution in [0.3, 0.4) is 0 Å². The van der Waals surface area contributed by atoms with Crippen molar-refractivity contribution in [2.24, 2.45) is 5.73 Å². The first-order valence-electron chi connectivity index (χ1n) is 7.92. The van der Waals surface area contributed by atoms with Gasteiger partial charge < -0.3 is 15.0 Å². The highest BCUT2D eigenvalue weighted by Gasteiger charge is 2.13. The minimum atomic E-state index is 0.419. The molecular formula is C17H27N3O. The van der Waals surface area contributed by atoms with E-state index in [2.05, 4.69) is 24.5 Å². The number of hydrogen-bond acceptors (Lipinski definition) is 3. The van der Waals surface area contributed by atoms with Crippen LogP contribution < -0.4 is 10.5 Å². The zero-order chi connectivity index (χ0) is 15.2. The molecule has 0 fully saturated rings. The number of aryl methyl sites for hydroxylation is 1. The molecule has 0 spiro atoms. The number of imidazole rings is 1. The summed E-state index contributed by atoms with van der Waals surface area (Å²) in [6.07, 6.45) is 5.76. The van der Waals surface area contributed by atoms with E-state index in [4.69, 9.17) is 15.5 Å². The van der Waals surface area contributed by atoms with Crippen LogP contribution in [0.4, 0.5) is 0 Å². The maximum Gasteiger partial charge on any atom is 0.121 e. The third-order valence-corrected chi connectivity index (χ3v) is 3.84. The molecule has 0 amide bonds. The van der Waals surface area contributed by atoms with E-state index in [1.807, 2.05) is 12.1 Å². The molecule has 21 heavy (non-hydrogen) atoms. The van der Waals surface area contributed by atoms with Gasteiger partial charge in [0.05, 0.1) is 18.1 Å². The Bertz CT molecular complexity index is 575. The standard InChI is InChI=1S/C17H27N3O/c1-13(2)20-16-10-9-14(21-3)12-15(16)19-17(20)8-6-4-5-7-11-18/h9-10,12-13H,4-8,11,18H2,1-3H3. The molecule has 1 aromatic carbocycles. The summed E-state index contributed by atoms with van der Waals surface area (Å²) in [5, 5.41) is 0. The van der Waals surface area contributed by atoms with E-state index in [0.29, 0.717) is 6.04 Å². The van der Waals surface area contributed by atoms with Crippen molar-refractivity contribution < 1.29 is 4.74 Å². The number of fused-ring (bicyclic) bond motifs is 1. The topological polar surface area (TPSA) is 53.1 Å². The summed E-state index contributed by atoms with van der Waals surface area (Å²) >= 11 is 0. The zero-order valence-electron chi connectivity index (χ0n) is 13.4. The Kier molecular flexibility index (Phi) is 5.62. The monoisotopic (exact) mass is 289 g/mol. The van der Waals surface area contributed by atoms with Crippen LogP contribution in [0.5, 0.6) is 5.75 Å². The third-order valence-electron chi connectivity index (χ3n) is 3.84. The van der Waals surface area contributed by atoms with Gasteiger partial charge in [0.1, 0.15) is 11.6 Å². The Morgan fingerprint density at radius 3 is 2.62 bits per heavy atom. The second kappa shape index (κ2) is 7.46. The van der Waals surface area contributed by atoms with Crippen LogP contribution in [0.1, 0.15) is 51.4 Å². The van der Waals surface area contributed by atoms with E-state index in [1.54, 1.807) is 7.11 Å². The molecular weight excluding hydrogens is 262 g/mol. The van der Waals surface area contributed by atoms with E-state index in [0.717, 1.165) is 30.7 Å². The minimum absolute atomic E-state index is 0.419. The van der Waals surface area contributed by atoms with Gasteiger partial charge in [-0.1, -0.05) is 12.8 Å². The van der Waals surface area contributed by atoms with Crippen LogP contribution >= 0.6 is 0 Å². The molecule has 1 heterocycles. The van der Waals surface area contributed by atoms with Crippen molar-refractivity contribution >= 4 is 11.0 Å². The van der Waals surface area contributed by atoms with Gasteiger partial charge in [-0.2, -0.15) is 0 Å². The first-order valence-corrected chi connectivity index (χ1v) is 7.92. The van der Waals surface area contributed by atoms with E-state index in [9.17, 15) is 0 Å². The van der Waals surface area contributed by atoms with E-state index >= 15 is 0 Å². The highest BCUT2D eigenvalue weighted by molar-refractivity contribution is 5.78. The van der Waals surface area contributed by atoms with Gasteiger partial charge in [-0.25, -0.2) is 4.98 Å². The van der Waals surface area contributed by atoms with Gasteiger partial charge in [-0.15, -0.1) is 0 Å². The van der Waals surface area contributed by atoms with Crippen molar-refractivity contribution in [1.82, 2.24) is 9.55 Å². The smallest absolute Gasteiger partial charge is 0.121 e. The predicted molar refractivity (Wildman–Crippen MR) is 87.9 cm³/mol. The van der Waals surface area contributed by atoms with Crippen LogP contribution in [0.25, 0.3) is 11.0 Å². The van der Waals surface area contributed by atoms with E-state index < -0.39 is 0 Å². The van der Waals surface area contributed by atoms with Crippen molar-refractivity contribution in [2.75, 3.05) is 13.7 Å². The minimum Gasteiger partial charge on any atom is -0.497 e. The molecule has 1 aromatic heterocycles. The lowest BCUT2D eigenvalue weighted by atomic mass is 10.1. The number of hydrogen-bond donors (Lipinski definition) is 1. The third kappa shape index (κ3) is 3.76. The highest BCUT2D eigenvalue weighted by Crippen LogP contribution is 2.25. The second-order valence-electron chi connectivity index (χ2n) is 5.80. The summed E-state index contributed by atoms with van der Waals surface area (Å²) in [6.45, 7) is 5.22. The van der Waals surface area contributed by atoms with Gasteiger partial charge in [0.15, 0.2) is 0 Å². The first-order chi connectivity index (χ1) is 10.2. The molecule has 0 aliphatic carbocycles. The highest BCUT2D eigenvalue weighted by atomic mass is 16.5. The molecule has 0 radical (unpaired) electrons. The lowest BCUT2D eigenvalue weighted by molar-refractivity contribution is 0.415. The van der Waals surface area contributed by atoms with Crippen LogP contribution in [-0.2, 0) is 6.42 Å². The van der Waals surface area contributed by atoms with Gasteiger partial charge in [0.2, 0.25) is 0 Å². The number of nitrogens with two attached hydrogens (primary N) is 1. The SMILES string of the molecule is COc1ccc2c(c1)nc(CCCCCCN)n2C(C)C. The Hall–Kier alpha value is -1.55. The van der Waals surface area contributed by atoms with Crippen LogP contribution in [-0.4, -0.2) is 23.2 Å². The van der Waals surface area contributed by atoms with Crippen molar-refractivity contribution in [1.29, 1.82) is 0 Å². The fraction of sp³-hybridized carbons (Fsp3) is 0.588. The zero-order valence-corrected chi connectivity index (χ0v) is 13.4. The number of methoxy groups -OCH3 is 1. The molecule has 2 N–H and O–H groups in total. The lowest BCUT2D eigenvalue weighted by Gasteiger charge is -2.13. The molecule has 4 nitrogen and oxygen atoms in total. The first kappa shape index (κ1) is 15.8. The number of ether oxygens (including phenoxy) is 1. The van der Waals surface area contributed by atoms with Crippen molar-refractivity contribution in [2.45, 2.75) is 52.0 Å². The normalized spacial score (nSPS) is 11.5. The van der Waals surface area contributed by atoms with Gasteiger partial charge in [0, 0.05) is 18.5 Å². The molecule has 0 aliphatic heterocycles. The molecule has 0 atom stereocenters. The molecule has 2 rings (SSSR count). The number of aromatic nitrogens is 2. The maximum atomic E-state index is 5.54. The van der Waals surface area contributed by atoms with Gasteiger partial charge in [0.25, 0.3) is 0 Å². The molecule has 0 saturated carbocycles. The fourth-order valence-corrected chi connectivity index (χ4v) is 2.79. The molecule has 4 heteroatoms. The average molecular weight is 289 g/mol.